The number of benzene rings is 1. The average molecular weight is 292 g/mol. The van der Waals surface area contributed by atoms with Gasteiger partial charge in [0.15, 0.2) is 5.78 Å². The molecule has 1 heterocycles. The lowest BCUT2D eigenvalue weighted by Gasteiger charge is -2.32. The van der Waals surface area contributed by atoms with Gasteiger partial charge in [-0.1, -0.05) is 18.6 Å². The normalized spacial score (nSPS) is 17.9. The highest BCUT2D eigenvalue weighted by Crippen LogP contribution is 2.25. The molecule has 1 atom stereocenters. The molecular weight excluding hydrogens is 268 g/mol. The highest BCUT2D eigenvalue weighted by molar-refractivity contribution is 7.99. The van der Waals surface area contributed by atoms with Crippen LogP contribution in [0.4, 0.5) is 0 Å². The van der Waals surface area contributed by atoms with Crippen molar-refractivity contribution < 1.29 is 4.79 Å². The first kappa shape index (κ1) is 15.5. The van der Waals surface area contributed by atoms with Crippen LogP contribution in [0.5, 0.6) is 0 Å². The second-order valence-electron chi connectivity index (χ2n) is 5.26. The molecule has 0 amide bonds. The molecule has 1 N–H and O–H groups in total. The second kappa shape index (κ2) is 7.25. The quantitative estimate of drug-likeness (QED) is 0.668. The summed E-state index contributed by atoms with van der Waals surface area (Å²) in [6.45, 7) is 10.1. The van der Waals surface area contributed by atoms with Gasteiger partial charge in [-0.05, 0) is 31.7 Å². The number of Topliss-reactive ketones (excluding diaryl/α,β-unsaturated/α-hetero) is 1. The van der Waals surface area contributed by atoms with Crippen molar-refractivity contribution in [1.82, 2.24) is 10.2 Å². The first-order valence-electron chi connectivity index (χ1n) is 7.36. The fourth-order valence-corrected chi connectivity index (χ4v) is 3.37. The Bertz CT molecular complexity index is 470. The molecule has 0 spiro atoms. The van der Waals surface area contributed by atoms with E-state index in [0.29, 0.717) is 0 Å². The van der Waals surface area contributed by atoms with E-state index in [1.54, 1.807) is 11.8 Å². The Morgan fingerprint density at radius 3 is 2.75 bits per heavy atom. The number of rotatable bonds is 5. The summed E-state index contributed by atoms with van der Waals surface area (Å²) < 4.78 is 0. The molecule has 1 aromatic carbocycles. The van der Waals surface area contributed by atoms with Crippen LogP contribution in [-0.2, 0) is 0 Å². The first-order chi connectivity index (χ1) is 9.63. The summed E-state index contributed by atoms with van der Waals surface area (Å²) in [5.41, 5.74) is 2.05. The lowest BCUT2D eigenvalue weighted by Crippen LogP contribution is -2.50. The molecular formula is C16H24N2OS. The number of hydrogen-bond donors (Lipinski definition) is 1. The Morgan fingerprint density at radius 1 is 1.40 bits per heavy atom. The first-order valence-corrected chi connectivity index (χ1v) is 8.34. The molecule has 3 nitrogen and oxygen atoms in total. The molecule has 2 rings (SSSR count). The minimum atomic E-state index is -0.0323. The average Bonchev–Trinajstić information content (AvgIpc) is 2.48. The molecule has 4 heteroatoms. The van der Waals surface area contributed by atoms with Crippen LogP contribution in [-0.4, -0.2) is 48.7 Å². The van der Waals surface area contributed by atoms with E-state index in [-0.39, 0.29) is 11.8 Å². The minimum Gasteiger partial charge on any atom is -0.314 e. The molecule has 0 aliphatic carbocycles. The lowest BCUT2D eigenvalue weighted by atomic mass is 10.0. The van der Waals surface area contributed by atoms with Crippen molar-refractivity contribution in [3.05, 3.63) is 29.3 Å². The van der Waals surface area contributed by atoms with Crippen LogP contribution in [0.25, 0.3) is 0 Å². The van der Waals surface area contributed by atoms with Crippen molar-refractivity contribution in [3.63, 3.8) is 0 Å². The Morgan fingerprint density at radius 2 is 2.10 bits per heavy atom. The van der Waals surface area contributed by atoms with Crippen molar-refractivity contribution in [2.75, 3.05) is 31.9 Å². The number of carbonyl (C=O) groups is 1. The zero-order valence-corrected chi connectivity index (χ0v) is 13.4. The van der Waals surface area contributed by atoms with Crippen molar-refractivity contribution in [1.29, 1.82) is 0 Å². The summed E-state index contributed by atoms with van der Waals surface area (Å²) >= 11 is 1.75. The largest absolute Gasteiger partial charge is 0.314 e. The van der Waals surface area contributed by atoms with E-state index < -0.39 is 0 Å². The van der Waals surface area contributed by atoms with Crippen LogP contribution >= 0.6 is 11.8 Å². The maximum absolute atomic E-state index is 12.8. The van der Waals surface area contributed by atoms with Crippen molar-refractivity contribution >= 4 is 17.5 Å². The number of piperazine rings is 1. The van der Waals surface area contributed by atoms with E-state index in [9.17, 15) is 4.79 Å². The number of carbonyl (C=O) groups excluding carboxylic acids is 1. The van der Waals surface area contributed by atoms with Crippen LogP contribution in [0, 0.1) is 6.92 Å². The summed E-state index contributed by atoms with van der Waals surface area (Å²) in [6.07, 6.45) is 0. The maximum atomic E-state index is 12.8. The number of aryl methyl sites for hydroxylation is 1. The van der Waals surface area contributed by atoms with Crippen molar-refractivity contribution in [2.45, 2.75) is 31.7 Å². The zero-order valence-electron chi connectivity index (χ0n) is 12.6. The smallest absolute Gasteiger partial charge is 0.180 e. The van der Waals surface area contributed by atoms with Crippen LogP contribution in [0.3, 0.4) is 0 Å². The molecule has 1 saturated heterocycles. The molecule has 1 aliphatic heterocycles. The van der Waals surface area contributed by atoms with E-state index in [2.05, 4.69) is 29.3 Å². The maximum Gasteiger partial charge on any atom is 0.180 e. The fourth-order valence-electron chi connectivity index (χ4n) is 2.58. The van der Waals surface area contributed by atoms with Crippen molar-refractivity contribution in [2.24, 2.45) is 0 Å². The Balaban J connectivity index is 2.20. The number of hydrogen-bond acceptors (Lipinski definition) is 4. The molecule has 110 valence electrons. The number of thioether (sulfide) groups is 1. The standard InChI is InChI=1S/C16H24N2OS/c1-4-20-15-6-5-12(2)11-14(15)16(19)13(3)18-9-7-17-8-10-18/h5-6,11,13,17H,4,7-10H2,1-3H3. The summed E-state index contributed by atoms with van der Waals surface area (Å²) in [6, 6.07) is 6.18. The Hall–Kier alpha value is -0.840. The van der Waals surface area contributed by atoms with Gasteiger partial charge in [-0.25, -0.2) is 0 Å². The summed E-state index contributed by atoms with van der Waals surface area (Å²) in [5, 5.41) is 3.33. The summed E-state index contributed by atoms with van der Waals surface area (Å²) in [5.74, 6) is 1.25. The molecule has 0 radical (unpaired) electrons. The fraction of sp³-hybridized carbons (Fsp3) is 0.562. The third-order valence-corrected chi connectivity index (χ3v) is 4.73. The molecule has 1 fully saturated rings. The molecule has 1 unspecified atom stereocenters. The van der Waals surface area contributed by atoms with Gasteiger partial charge in [-0.15, -0.1) is 11.8 Å². The van der Waals surface area contributed by atoms with Gasteiger partial charge in [0.1, 0.15) is 0 Å². The minimum absolute atomic E-state index is 0.0323. The van der Waals surface area contributed by atoms with E-state index in [1.807, 2.05) is 19.9 Å². The number of ketones is 1. The van der Waals surface area contributed by atoms with Crippen LogP contribution in [0.15, 0.2) is 23.1 Å². The van der Waals surface area contributed by atoms with Crippen molar-refractivity contribution in [3.8, 4) is 0 Å². The summed E-state index contributed by atoms with van der Waals surface area (Å²) in [4.78, 5) is 16.2. The van der Waals surface area contributed by atoms with Crippen LogP contribution in [0.1, 0.15) is 29.8 Å². The highest BCUT2D eigenvalue weighted by Gasteiger charge is 2.25. The van der Waals surface area contributed by atoms with Crippen LogP contribution in [0.2, 0.25) is 0 Å². The number of nitrogens with zero attached hydrogens (tertiary/aromatic N) is 1. The van der Waals surface area contributed by atoms with Gasteiger partial charge in [0.2, 0.25) is 0 Å². The van der Waals surface area contributed by atoms with E-state index in [4.69, 9.17) is 0 Å². The molecule has 0 aromatic heterocycles. The van der Waals surface area contributed by atoms with Gasteiger partial charge in [0.05, 0.1) is 6.04 Å². The Kier molecular flexibility index (Phi) is 5.64. The second-order valence-corrected chi connectivity index (χ2v) is 6.56. The van der Waals surface area contributed by atoms with E-state index in [0.717, 1.165) is 48.0 Å². The lowest BCUT2D eigenvalue weighted by molar-refractivity contribution is 0.0817. The third-order valence-electron chi connectivity index (χ3n) is 3.78. The van der Waals surface area contributed by atoms with Crippen LogP contribution < -0.4 is 5.32 Å². The van der Waals surface area contributed by atoms with Gasteiger partial charge in [0.25, 0.3) is 0 Å². The molecule has 1 aliphatic rings. The molecule has 0 saturated carbocycles. The Labute approximate surface area is 126 Å². The van der Waals surface area contributed by atoms with Gasteiger partial charge in [-0.2, -0.15) is 0 Å². The highest BCUT2D eigenvalue weighted by atomic mass is 32.2. The monoisotopic (exact) mass is 292 g/mol. The van der Waals surface area contributed by atoms with E-state index in [1.165, 1.54) is 0 Å². The van der Waals surface area contributed by atoms with Gasteiger partial charge in [0, 0.05) is 36.6 Å². The predicted octanol–water partition coefficient (Wildman–Crippen LogP) is 2.58. The third kappa shape index (κ3) is 3.62. The zero-order chi connectivity index (χ0) is 14.5. The van der Waals surface area contributed by atoms with E-state index >= 15 is 0 Å². The predicted molar refractivity (Wildman–Crippen MR) is 85.8 cm³/mol. The number of nitrogens with one attached hydrogen (secondary N) is 1. The van der Waals surface area contributed by atoms with Gasteiger partial charge >= 0.3 is 0 Å². The molecule has 20 heavy (non-hydrogen) atoms. The molecule has 1 aromatic rings. The topological polar surface area (TPSA) is 32.3 Å². The molecule has 0 bridgehead atoms. The van der Waals surface area contributed by atoms with Gasteiger partial charge in [-0.3, -0.25) is 9.69 Å². The SMILES string of the molecule is CCSc1ccc(C)cc1C(=O)C(C)N1CCNCC1. The van der Waals surface area contributed by atoms with Gasteiger partial charge < -0.3 is 5.32 Å². The summed E-state index contributed by atoms with van der Waals surface area (Å²) in [7, 11) is 0.